The molecule has 0 unspecified atom stereocenters. The van der Waals surface area contributed by atoms with Gasteiger partial charge in [0.25, 0.3) is 10.0 Å². The Labute approximate surface area is 126 Å². The van der Waals surface area contributed by atoms with E-state index in [1.54, 1.807) is 48.8 Å². The summed E-state index contributed by atoms with van der Waals surface area (Å²) in [6, 6.07) is 10.2. The average molecular weight is 320 g/mol. The number of benzene rings is 1. The number of oxazole rings is 1. The van der Waals surface area contributed by atoms with Crippen molar-refractivity contribution in [3.8, 4) is 11.5 Å². The third kappa shape index (κ3) is 2.98. The van der Waals surface area contributed by atoms with Gasteiger partial charge >= 0.3 is 0 Å². The van der Waals surface area contributed by atoms with Crippen molar-refractivity contribution < 1.29 is 12.8 Å². The molecule has 0 aliphatic rings. The number of aryl methyl sites for hydroxylation is 1. The van der Waals surface area contributed by atoms with E-state index in [1.807, 2.05) is 6.07 Å². The molecule has 108 valence electrons. The van der Waals surface area contributed by atoms with Crippen LogP contribution in [0.2, 0.25) is 0 Å². The van der Waals surface area contributed by atoms with Gasteiger partial charge in [-0.15, -0.1) is 11.3 Å². The second-order valence-corrected chi connectivity index (χ2v) is 7.25. The van der Waals surface area contributed by atoms with Crippen molar-refractivity contribution >= 4 is 27.0 Å². The molecule has 0 bridgehead atoms. The quantitative estimate of drug-likeness (QED) is 0.798. The van der Waals surface area contributed by atoms with Crippen LogP contribution in [0.25, 0.3) is 11.5 Å². The third-order valence-electron chi connectivity index (χ3n) is 2.74. The monoisotopic (exact) mass is 320 g/mol. The Balaban J connectivity index is 1.91. The normalized spacial score (nSPS) is 11.5. The average Bonchev–Trinajstić information content (AvgIpc) is 3.09. The van der Waals surface area contributed by atoms with Crippen LogP contribution in [0.1, 0.15) is 5.76 Å². The predicted octanol–water partition coefficient (Wildman–Crippen LogP) is 3.51. The number of nitrogens with one attached hydrogen (secondary N) is 1. The van der Waals surface area contributed by atoms with Gasteiger partial charge in [0, 0.05) is 11.3 Å². The first-order chi connectivity index (χ1) is 10.0. The lowest BCUT2D eigenvalue weighted by Gasteiger charge is -2.07. The van der Waals surface area contributed by atoms with E-state index in [1.165, 1.54) is 11.3 Å². The van der Waals surface area contributed by atoms with E-state index in [0.717, 1.165) is 5.56 Å². The van der Waals surface area contributed by atoms with Crippen LogP contribution < -0.4 is 4.72 Å². The van der Waals surface area contributed by atoms with Crippen molar-refractivity contribution in [1.29, 1.82) is 0 Å². The lowest BCUT2D eigenvalue weighted by Crippen LogP contribution is -2.11. The van der Waals surface area contributed by atoms with Gasteiger partial charge in [-0.25, -0.2) is 13.4 Å². The molecule has 0 radical (unpaired) electrons. The zero-order valence-electron chi connectivity index (χ0n) is 11.1. The van der Waals surface area contributed by atoms with E-state index in [2.05, 4.69) is 9.71 Å². The Morgan fingerprint density at radius 3 is 2.76 bits per heavy atom. The van der Waals surface area contributed by atoms with E-state index < -0.39 is 10.0 Å². The summed E-state index contributed by atoms with van der Waals surface area (Å²) in [7, 11) is -3.55. The second kappa shape index (κ2) is 5.34. The first kappa shape index (κ1) is 13.8. The lowest BCUT2D eigenvalue weighted by molar-refractivity contribution is 0.542. The highest BCUT2D eigenvalue weighted by Crippen LogP contribution is 2.25. The lowest BCUT2D eigenvalue weighted by atomic mass is 10.2. The first-order valence-corrected chi connectivity index (χ1v) is 8.50. The molecule has 2 aromatic heterocycles. The van der Waals surface area contributed by atoms with Crippen LogP contribution in [-0.2, 0) is 10.0 Å². The minimum atomic E-state index is -3.55. The van der Waals surface area contributed by atoms with Gasteiger partial charge < -0.3 is 4.42 Å². The molecular formula is C14H12N2O3S2. The summed E-state index contributed by atoms with van der Waals surface area (Å²) in [5.41, 5.74) is 1.19. The van der Waals surface area contributed by atoms with Crippen LogP contribution in [-0.4, -0.2) is 13.4 Å². The number of thiophene rings is 1. The molecule has 0 saturated heterocycles. The van der Waals surface area contributed by atoms with Crippen molar-refractivity contribution in [3.63, 3.8) is 0 Å². The van der Waals surface area contributed by atoms with Crippen LogP contribution in [0.5, 0.6) is 0 Å². The van der Waals surface area contributed by atoms with Crippen molar-refractivity contribution in [2.24, 2.45) is 0 Å². The van der Waals surface area contributed by atoms with Gasteiger partial charge in [-0.2, -0.15) is 0 Å². The zero-order valence-corrected chi connectivity index (χ0v) is 12.7. The molecule has 0 atom stereocenters. The second-order valence-electron chi connectivity index (χ2n) is 4.39. The van der Waals surface area contributed by atoms with Gasteiger partial charge in [-0.05, 0) is 36.6 Å². The molecule has 0 aliphatic heterocycles. The van der Waals surface area contributed by atoms with Crippen LogP contribution in [0.4, 0.5) is 5.69 Å². The summed E-state index contributed by atoms with van der Waals surface area (Å²) in [4.78, 5) is 4.13. The van der Waals surface area contributed by atoms with Crippen molar-refractivity contribution in [1.82, 2.24) is 4.98 Å². The van der Waals surface area contributed by atoms with E-state index in [0.29, 0.717) is 17.3 Å². The Morgan fingerprint density at radius 1 is 1.24 bits per heavy atom. The maximum atomic E-state index is 12.2. The standard InChI is InChI=1S/C14H12N2O3S2/c1-10-9-15-14(19-10)11-4-2-5-12(8-11)16-21(17,18)13-6-3-7-20-13/h2-9,16H,1H3. The fraction of sp³-hybridized carbons (Fsp3) is 0.0714. The minimum Gasteiger partial charge on any atom is -0.441 e. The van der Waals surface area contributed by atoms with E-state index >= 15 is 0 Å². The van der Waals surface area contributed by atoms with Crippen molar-refractivity contribution in [2.75, 3.05) is 4.72 Å². The smallest absolute Gasteiger partial charge is 0.271 e. The predicted molar refractivity (Wildman–Crippen MR) is 81.8 cm³/mol. The molecule has 0 amide bonds. The molecule has 0 spiro atoms. The Hall–Kier alpha value is -2.12. The van der Waals surface area contributed by atoms with Crippen molar-refractivity contribution in [2.45, 2.75) is 11.1 Å². The third-order valence-corrected chi connectivity index (χ3v) is 5.52. The van der Waals surface area contributed by atoms with Gasteiger partial charge in [-0.1, -0.05) is 12.1 Å². The summed E-state index contributed by atoms with van der Waals surface area (Å²) >= 11 is 1.17. The fourth-order valence-corrected chi connectivity index (χ4v) is 3.87. The molecule has 0 saturated carbocycles. The van der Waals surface area contributed by atoms with E-state index in [-0.39, 0.29) is 4.21 Å². The van der Waals surface area contributed by atoms with Gasteiger partial charge in [0.1, 0.15) is 9.97 Å². The Bertz CT molecular complexity index is 852. The largest absolute Gasteiger partial charge is 0.441 e. The number of hydrogen-bond donors (Lipinski definition) is 1. The van der Waals surface area contributed by atoms with Crippen LogP contribution >= 0.6 is 11.3 Å². The number of nitrogens with zero attached hydrogens (tertiary/aromatic N) is 1. The van der Waals surface area contributed by atoms with Gasteiger partial charge in [0.05, 0.1) is 6.20 Å². The SMILES string of the molecule is Cc1cnc(-c2cccc(NS(=O)(=O)c3cccs3)c2)o1. The summed E-state index contributed by atoms with van der Waals surface area (Å²) < 4.78 is 32.6. The van der Waals surface area contributed by atoms with E-state index in [4.69, 9.17) is 4.42 Å². The Morgan fingerprint density at radius 2 is 2.10 bits per heavy atom. The number of anilines is 1. The fourth-order valence-electron chi connectivity index (χ4n) is 1.83. The molecule has 21 heavy (non-hydrogen) atoms. The maximum Gasteiger partial charge on any atom is 0.271 e. The van der Waals surface area contributed by atoms with E-state index in [9.17, 15) is 8.42 Å². The van der Waals surface area contributed by atoms with Gasteiger partial charge in [0.2, 0.25) is 5.89 Å². The van der Waals surface area contributed by atoms with Crippen LogP contribution in [0, 0.1) is 6.92 Å². The molecule has 1 aromatic carbocycles. The van der Waals surface area contributed by atoms with Crippen molar-refractivity contribution in [3.05, 3.63) is 53.7 Å². The molecular weight excluding hydrogens is 308 g/mol. The minimum absolute atomic E-state index is 0.278. The highest BCUT2D eigenvalue weighted by Gasteiger charge is 2.15. The topological polar surface area (TPSA) is 72.2 Å². The molecule has 7 heteroatoms. The summed E-state index contributed by atoms with van der Waals surface area (Å²) in [6.07, 6.45) is 1.62. The van der Waals surface area contributed by atoms with Gasteiger partial charge in [0.15, 0.2) is 0 Å². The number of rotatable bonds is 4. The molecule has 0 fully saturated rings. The molecule has 3 aromatic rings. The highest BCUT2D eigenvalue weighted by molar-refractivity contribution is 7.94. The molecule has 5 nitrogen and oxygen atoms in total. The zero-order chi connectivity index (χ0) is 14.9. The molecule has 1 N–H and O–H groups in total. The van der Waals surface area contributed by atoms with Crippen LogP contribution in [0.15, 0.2) is 56.6 Å². The maximum absolute atomic E-state index is 12.2. The number of sulfonamides is 1. The Kier molecular flexibility index (Phi) is 3.52. The molecule has 3 rings (SSSR count). The first-order valence-electron chi connectivity index (χ1n) is 6.14. The van der Waals surface area contributed by atoms with Gasteiger partial charge in [-0.3, -0.25) is 4.72 Å². The number of aromatic nitrogens is 1. The summed E-state index contributed by atoms with van der Waals surface area (Å²) in [5, 5.41) is 1.72. The van der Waals surface area contributed by atoms with Crippen LogP contribution in [0.3, 0.4) is 0 Å². The highest BCUT2D eigenvalue weighted by atomic mass is 32.2. The molecule has 2 heterocycles. The summed E-state index contributed by atoms with van der Waals surface area (Å²) in [6.45, 7) is 1.81. The number of hydrogen-bond acceptors (Lipinski definition) is 5. The molecule has 0 aliphatic carbocycles. The summed E-state index contributed by atoms with van der Waals surface area (Å²) in [5.74, 6) is 1.17.